The number of fused-ring (bicyclic) bond motifs is 2. The molecule has 1 amide bonds. The Bertz CT molecular complexity index is 1080. The van der Waals surface area contributed by atoms with Gasteiger partial charge in [-0.1, -0.05) is 48.5 Å². The van der Waals surface area contributed by atoms with Gasteiger partial charge in [-0.05, 0) is 42.3 Å². The Kier molecular flexibility index (Phi) is 5.07. The first kappa shape index (κ1) is 19.2. The lowest BCUT2D eigenvalue weighted by Crippen LogP contribution is -2.42. The molecule has 5 heteroatoms. The number of carbonyl (C=O) groups is 2. The van der Waals surface area contributed by atoms with E-state index in [2.05, 4.69) is 6.07 Å². The molecule has 0 bridgehead atoms. The Morgan fingerprint density at radius 1 is 1.03 bits per heavy atom. The number of aliphatic hydroxyl groups is 1. The topological polar surface area (TPSA) is 66.8 Å². The van der Waals surface area contributed by atoms with Crippen LogP contribution in [-0.4, -0.2) is 29.9 Å². The van der Waals surface area contributed by atoms with Gasteiger partial charge in [0.05, 0.1) is 12.3 Å². The van der Waals surface area contributed by atoms with E-state index in [4.69, 9.17) is 4.74 Å². The summed E-state index contributed by atoms with van der Waals surface area (Å²) in [6.45, 7) is 2.23. The van der Waals surface area contributed by atoms with Crippen LogP contribution in [0.15, 0.2) is 66.7 Å². The van der Waals surface area contributed by atoms with Crippen LogP contribution in [-0.2, 0) is 15.2 Å². The van der Waals surface area contributed by atoms with Crippen LogP contribution in [0.25, 0.3) is 10.8 Å². The fraction of sp³-hybridized carbons (Fsp3) is 0.250. The molecule has 0 spiro atoms. The van der Waals surface area contributed by atoms with Crippen molar-refractivity contribution in [1.82, 2.24) is 0 Å². The molecule has 0 saturated carbocycles. The Balaban J connectivity index is 1.42. The van der Waals surface area contributed by atoms with Crippen molar-refractivity contribution in [2.45, 2.75) is 25.4 Å². The van der Waals surface area contributed by atoms with E-state index in [1.807, 2.05) is 42.5 Å². The summed E-state index contributed by atoms with van der Waals surface area (Å²) in [5.74, 6) is 0.113. The minimum absolute atomic E-state index is 0.215. The normalized spacial score (nSPS) is 18.1. The molecule has 1 aliphatic heterocycles. The maximum absolute atomic E-state index is 12.9. The van der Waals surface area contributed by atoms with Crippen molar-refractivity contribution in [3.63, 3.8) is 0 Å². The number of anilines is 1. The van der Waals surface area contributed by atoms with Gasteiger partial charge in [-0.2, -0.15) is 0 Å². The van der Waals surface area contributed by atoms with Gasteiger partial charge in [-0.25, -0.2) is 0 Å². The second-order valence-electron chi connectivity index (χ2n) is 7.42. The quantitative estimate of drug-likeness (QED) is 0.624. The molecular weight excluding hydrogens is 366 g/mol. The van der Waals surface area contributed by atoms with Crippen molar-refractivity contribution in [1.29, 1.82) is 0 Å². The standard InChI is InChI=1S/C24H23NO4/c1-17(26)16-24(28)21-9-4-5-10-22(21)25(23(24)27)13-6-14-29-20-12-11-18-7-2-3-8-19(18)15-20/h2-5,7-12,15,28H,6,13-14,16H2,1H3/t24-/m1/s1. The molecule has 3 aromatic carbocycles. The summed E-state index contributed by atoms with van der Waals surface area (Å²) in [7, 11) is 0. The van der Waals surface area contributed by atoms with Crippen LogP contribution in [0.3, 0.4) is 0 Å². The Hall–Kier alpha value is -3.18. The molecule has 1 atom stereocenters. The molecule has 5 nitrogen and oxygen atoms in total. The van der Waals surface area contributed by atoms with Crippen molar-refractivity contribution >= 4 is 28.2 Å². The Morgan fingerprint density at radius 3 is 2.55 bits per heavy atom. The van der Waals surface area contributed by atoms with Crippen LogP contribution in [0.2, 0.25) is 0 Å². The zero-order chi connectivity index (χ0) is 20.4. The van der Waals surface area contributed by atoms with Crippen LogP contribution >= 0.6 is 0 Å². The lowest BCUT2D eigenvalue weighted by Gasteiger charge is -2.22. The fourth-order valence-electron chi connectivity index (χ4n) is 3.93. The number of carbonyl (C=O) groups excluding carboxylic acids is 2. The summed E-state index contributed by atoms with van der Waals surface area (Å²) >= 11 is 0. The Labute approximate surface area is 169 Å². The highest BCUT2D eigenvalue weighted by Crippen LogP contribution is 2.42. The van der Waals surface area contributed by atoms with Gasteiger partial charge in [0.2, 0.25) is 0 Å². The van der Waals surface area contributed by atoms with Gasteiger partial charge in [0, 0.05) is 18.5 Å². The minimum Gasteiger partial charge on any atom is -0.494 e. The van der Waals surface area contributed by atoms with E-state index in [0.29, 0.717) is 30.8 Å². The van der Waals surface area contributed by atoms with E-state index >= 15 is 0 Å². The molecular formula is C24H23NO4. The predicted octanol–water partition coefficient (Wildman–Crippen LogP) is 3.82. The van der Waals surface area contributed by atoms with Crippen LogP contribution in [0.5, 0.6) is 5.75 Å². The highest BCUT2D eigenvalue weighted by atomic mass is 16.5. The molecule has 4 rings (SSSR count). The lowest BCUT2D eigenvalue weighted by molar-refractivity contribution is -0.141. The largest absolute Gasteiger partial charge is 0.494 e. The second kappa shape index (κ2) is 7.68. The molecule has 148 valence electrons. The summed E-state index contributed by atoms with van der Waals surface area (Å²) in [5.41, 5.74) is -0.621. The van der Waals surface area contributed by atoms with Gasteiger partial charge in [0.15, 0.2) is 5.60 Å². The summed E-state index contributed by atoms with van der Waals surface area (Å²) in [6, 6.07) is 21.1. The predicted molar refractivity (Wildman–Crippen MR) is 112 cm³/mol. The van der Waals surface area contributed by atoms with Gasteiger partial charge in [-0.15, -0.1) is 0 Å². The zero-order valence-electron chi connectivity index (χ0n) is 16.3. The monoisotopic (exact) mass is 389 g/mol. The molecule has 0 aromatic heterocycles. The van der Waals surface area contributed by atoms with Crippen molar-refractivity contribution in [2.24, 2.45) is 0 Å². The number of rotatable bonds is 7. The second-order valence-corrected chi connectivity index (χ2v) is 7.42. The molecule has 1 heterocycles. The number of Topliss-reactive ketones (excluding diaryl/α,β-unsaturated/α-hetero) is 1. The van der Waals surface area contributed by atoms with Crippen LogP contribution in [0.1, 0.15) is 25.3 Å². The first-order valence-corrected chi connectivity index (χ1v) is 9.74. The number of ketones is 1. The van der Waals surface area contributed by atoms with E-state index in [-0.39, 0.29) is 12.2 Å². The first-order valence-electron chi connectivity index (χ1n) is 9.74. The van der Waals surface area contributed by atoms with E-state index in [9.17, 15) is 14.7 Å². The van der Waals surface area contributed by atoms with E-state index in [1.54, 1.807) is 23.1 Å². The van der Waals surface area contributed by atoms with Crippen LogP contribution in [0.4, 0.5) is 5.69 Å². The number of para-hydroxylation sites is 1. The van der Waals surface area contributed by atoms with Gasteiger partial charge in [0.25, 0.3) is 5.91 Å². The third-order valence-electron chi connectivity index (χ3n) is 5.26. The molecule has 0 aliphatic carbocycles. The number of ether oxygens (including phenoxy) is 1. The fourth-order valence-corrected chi connectivity index (χ4v) is 3.93. The number of amides is 1. The first-order chi connectivity index (χ1) is 14.0. The van der Waals surface area contributed by atoms with Crippen molar-refractivity contribution in [3.05, 3.63) is 72.3 Å². The molecule has 3 aromatic rings. The van der Waals surface area contributed by atoms with Gasteiger partial charge < -0.3 is 14.7 Å². The lowest BCUT2D eigenvalue weighted by atomic mass is 9.90. The third kappa shape index (κ3) is 3.61. The number of hydrogen-bond acceptors (Lipinski definition) is 4. The average molecular weight is 389 g/mol. The summed E-state index contributed by atoms with van der Waals surface area (Å²) < 4.78 is 5.86. The zero-order valence-corrected chi connectivity index (χ0v) is 16.3. The molecule has 0 radical (unpaired) electrons. The number of benzene rings is 3. The van der Waals surface area contributed by atoms with Crippen LogP contribution in [0, 0.1) is 0 Å². The maximum atomic E-state index is 12.9. The van der Waals surface area contributed by atoms with Gasteiger partial charge in [0.1, 0.15) is 11.5 Å². The maximum Gasteiger partial charge on any atom is 0.264 e. The number of nitrogens with zero attached hydrogens (tertiary/aromatic N) is 1. The third-order valence-corrected chi connectivity index (χ3v) is 5.26. The minimum atomic E-state index is -1.78. The van der Waals surface area contributed by atoms with Crippen molar-refractivity contribution < 1.29 is 19.4 Å². The van der Waals surface area contributed by atoms with E-state index in [1.165, 1.54) is 6.92 Å². The highest BCUT2D eigenvalue weighted by molar-refractivity contribution is 6.08. The molecule has 0 fully saturated rings. The molecule has 1 N–H and O–H groups in total. The SMILES string of the molecule is CC(=O)C[C@]1(O)C(=O)N(CCCOc2ccc3ccccc3c2)c2ccccc21. The van der Waals surface area contributed by atoms with E-state index in [0.717, 1.165) is 16.5 Å². The number of hydrogen-bond donors (Lipinski definition) is 1. The van der Waals surface area contributed by atoms with Gasteiger partial charge >= 0.3 is 0 Å². The van der Waals surface area contributed by atoms with Crippen molar-refractivity contribution in [3.8, 4) is 5.75 Å². The summed E-state index contributed by atoms with van der Waals surface area (Å²) in [6.07, 6.45) is 0.385. The Morgan fingerprint density at radius 2 is 1.76 bits per heavy atom. The molecule has 1 aliphatic rings. The molecule has 0 saturated heterocycles. The van der Waals surface area contributed by atoms with Crippen LogP contribution < -0.4 is 9.64 Å². The van der Waals surface area contributed by atoms with Gasteiger partial charge in [-0.3, -0.25) is 9.59 Å². The van der Waals surface area contributed by atoms with Crippen molar-refractivity contribution in [2.75, 3.05) is 18.1 Å². The van der Waals surface area contributed by atoms with E-state index < -0.39 is 11.5 Å². The summed E-state index contributed by atoms with van der Waals surface area (Å²) in [4.78, 5) is 26.1. The summed E-state index contributed by atoms with van der Waals surface area (Å²) in [5, 5.41) is 13.2. The average Bonchev–Trinajstić information content (AvgIpc) is 2.92. The smallest absolute Gasteiger partial charge is 0.264 e. The highest BCUT2D eigenvalue weighted by Gasteiger charge is 2.49. The molecule has 29 heavy (non-hydrogen) atoms. The molecule has 0 unspecified atom stereocenters.